The third-order valence-electron chi connectivity index (χ3n) is 4.83. The van der Waals surface area contributed by atoms with Gasteiger partial charge in [0.05, 0.1) is 6.61 Å². The number of amides is 1. The molecule has 0 saturated heterocycles. The number of rotatable bonds is 7. The standard InChI is InChI=1S/C21H22FNO2/c22-20-4-2-1-3-17(20)13-23(18-9-10-18)21(24)16-7-11-19(12-8-16)25-14-15-5-6-15/h1-4,7-8,11-12,15,18H,5-6,9-10,13-14H2. The molecule has 0 heterocycles. The van der Waals surface area contributed by atoms with Gasteiger partial charge in [0.25, 0.3) is 5.91 Å². The fraction of sp³-hybridized carbons (Fsp3) is 0.381. The number of halogens is 1. The minimum atomic E-state index is -0.259. The predicted molar refractivity (Wildman–Crippen MR) is 94.0 cm³/mol. The van der Waals surface area contributed by atoms with Crippen molar-refractivity contribution in [2.24, 2.45) is 5.92 Å². The van der Waals surface area contributed by atoms with Crippen LogP contribution in [0.15, 0.2) is 48.5 Å². The molecule has 0 aromatic heterocycles. The lowest BCUT2D eigenvalue weighted by Crippen LogP contribution is -2.32. The second-order valence-electron chi connectivity index (χ2n) is 7.03. The lowest BCUT2D eigenvalue weighted by atomic mass is 10.1. The smallest absolute Gasteiger partial charge is 0.254 e. The van der Waals surface area contributed by atoms with Crippen LogP contribution in [-0.4, -0.2) is 23.5 Å². The molecule has 4 rings (SSSR count). The van der Waals surface area contributed by atoms with Gasteiger partial charge >= 0.3 is 0 Å². The third kappa shape index (κ3) is 4.01. The number of nitrogens with zero attached hydrogens (tertiary/aromatic N) is 1. The van der Waals surface area contributed by atoms with Crippen LogP contribution in [0.1, 0.15) is 41.6 Å². The minimum absolute atomic E-state index is 0.0421. The summed E-state index contributed by atoms with van der Waals surface area (Å²) in [6.45, 7) is 1.07. The molecule has 130 valence electrons. The Morgan fingerprint density at radius 1 is 1.04 bits per heavy atom. The molecule has 0 bridgehead atoms. The molecule has 0 atom stereocenters. The minimum Gasteiger partial charge on any atom is -0.493 e. The average Bonchev–Trinajstić information content (AvgIpc) is 3.53. The zero-order valence-electron chi connectivity index (χ0n) is 14.2. The van der Waals surface area contributed by atoms with Gasteiger partial charge in [-0.3, -0.25) is 4.79 Å². The Morgan fingerprint density at radius 2 is 1.76 bits per heavy atom. The van der Waals surface area contributed by atoms with Crippen LogP contribution in [-0.2, 0) is 6.54 Å². The largest absolute Gasteiger partial charge is 0.493 e. The van der Waals surface area contributed by atoms with Gasteiger partial charge in [-0.2, -0.15) is 0 Å². The van der Waals surface area contributed by atoms with Crippen LogP contribution in [0.4, 0.5) is 4.39 Å². The monoisotopic (exact) mass is 339 g/mol. The van der Waals surface area contributed by atoms with Gasteiger partial charge < -0.3 is 9.64 Å². The average molecular weight is 339 g/mol. The lowest BCUT2D eigenvalue weighted by Gasteiger charge is -2.23. The van der Waals surface area contributed by atoms with E-state index in [1.54, 1.807) is 35.2 Å². The van der Waals surface area contributed by atoms with Crippen LogP contribution in [0.3, 0.4) is 0 Å². The van der Waals surface area contributed by atoms with Gasteiger partial charge in [0, 0.05) is 23.7 Å². The van der Waals surface area contributed by atoms with Crippen molar-refractivity contribution < 1.29 is 13.9 Å². The Labute approximate surface area is 147 Å². The molecule has 0 unspecified atom stereocenters. The third-order valence-corrected chi connectivity index (χ3v) is 4.83. The quantitative estimate of drug-likeness (QED) is 0.747. The second-order valence-corrected chi connectivity index (χ2v) is 7.03. The molecular formula is C21H22FNO2. The highest BCUT2D eigenvalue weighted by atomic mass is 19.1. The highest BCUT2D eigenvalue weighted by molar-refractivity contribution is 5.94. The summed E-state index contributed by atoms with van der Waals surface area (Å²) in [7, 11) is 0. The van der Waals surface area contributed by atoms with Crippen LogP contribution in [0.5, 0.6) is 5.75 Å². The maximum absolute atomic E-state index is 14.0. The van der Waals surface area contributed by atoms with E-state index in [1.807, 2.05) is 12.1 Å². The van der Waals surface area contributed by atoms with Crippen LogP contribution in [0, 0.1) is 11.7 Å². The molecular weight excluding hydrogens is 317 g/mol. The molecule has 2 aliphatic rings. The Balaban J connectivity index is 1.45. The van der Waals surface area contributed by atoms with E-state index in [-0.39, 0.29) is 17.8 Å². The van der Waals surface area contributed by atoms with E-state index in [2.05, 4.69) is 0 Å². The maximum Gasteiger partial charge on any atom is 0.254 e. The highest BCUT2D eigenvalue weighted by Gasteiger charge is 2.33. The van der Waals surface area contributed by atoms with E-state index < -0.39 is 0 Å². The van der Waals surface area contributed by atoms with Gasteiger partial charge in [0.2, 0.25) is 0 Å². The fourth-order valence-electron chi connectivity index (χ4n) is 2.92. The molecule has 2 fully saturated rings. The zero-order valence-corrected chi connectivity index (χ0v) is 14.2. The Bertz CT molecular complexity index is 751. The van der Waals surface area contributed by atoms with Gasteiger partial charge in [-0.1, -0.05) is 18.2 Å². The van der Waals surface area contributed by atoms with E-state index >= 15 is 0 Å². The van der Waals surface area contributed by atoms with Crippen molar-refractivity contribution >= 4 is 5.91 Å². The number of ether oxygens (including phenoxy) is 1. The molecule has 0 spiro atoms. The summed E-state index contributed by atoms with van der Waals surface area (Å²) < 4.78 is 19.7. The lowest BCUT2D eigenvalue weighted by molar-refractivity contribution is 0.0728. The molecule has 2 aromatic rings. The molecule has 2 aliphatic carbocycles. The van der Waals surface area contributed by atoms with Crippen molar-refractivity contribution in [2.45, 2.75) is 38.3 Å². The van der Waals surface area contributed by atoms with Crippen molar-refractivity contribution in [3.05, 3.63) is 65.5 Å². The first-order chi connectivity index (χ1) is 12.2. The summed E-state index contributed by atoms with van der Waals surface area (Å²) in [6, 6.07) is 14.2. The molecule has 0 radical (unpaired) electrons. The van der Waals surface area contributed by atoms with Crippen molar-refractivity contribution in [1.82, 2.24) is 4.90 Å². The van der Waals surface area contributed by atoms with E-state index in [1.165, 1.54) is 18.9 Å². The van der Waals surface area contributed by atoms with Gasteiger partial charge in [-0.15, -0.1) is 0 Å². The maximum atomic E-state index is 14.0. The fourth-order valence-corrected chi connectivity index (χ4v) is 2.92. The van der Waals surface area contributed by atoms with Gasteiger partial charge in [-0.25, -0.2) is 4.39 Å². The second kappa shape index (κ2) is 6.87. The molecule has 0 aliphatic heterocycles. The first-order valence-electron chi connectivity index (χ1n) is 8.98. The summed E-state index contributed by atoms with van der Waals surface area (Å²) in [5.74, 6) is 1.20. The van der Waals surface area contributed by atoms with Crippen molar-refractivity contribution in [3.63, 3.8) is 0 Å². The van der Waals surface area contributed by atoms with Crippen molar-refractivity contribution in [1.29, 1.82) is 0 Å². The molecule has 25 heavy (non-hydrogen) atoms. The number of hydrogen-bond donors (Lipinski definition) is 0. The Morgan fingerprint density at radius 3 is 2.40 bits per heavy atom. The number of carbonyl (C=O) groups excluding carboxylic acids is 1. The summed E-state index contributed by atoms with van der Waals surface area (Å²) in [5.41, 5.74) is 1.19. The highest BCUT2D eigenvalue weighted by Crippen LogP contribution is 2.31. The number of hydrogen-bond acceptors (Lipinski definition) is 2. The van der Waals surface area contributed by atoms with Crippen LogP contribution >= 0.6 is 0 Å². The summed E-state index contributed by atoms with van der Waals surface area (Å²) >= 11 is 0. The molecule has 3 nitrogen and oxygen atoms in total. The first-order valence-corrected chi connectivity index (χ1v) is 8.98. The molecule has 1 amide bonds. The Kier molecular flexibility index (Phi) is 4.43. The van der Waals surface area contributed by atoms with Gasteiger partial charge in [0.15, 0.2) is 0 Å². The normalized spacial score (nSPS) is 16.5. The van der Waals surface area contributed by atoms with Crippen molar-refractivity contribution in [2.75, 3.05) is 6.61 Å². The van der Waals surface area contributed by atoms with E-state index in [4.69, 9.17) is 4.74 Å². The molecule has 0 N–H and O–H groups in total. The SMILES string of the molecule is O=C(c1ccc(OCC2CC2)cc1)N(Cc1ccccc1F)C1CC1. The zero-order chi connectivity index (χ0) is 17.2. The van der Waals surface area contributed by atoms with E-state index in [0.29, 0.717) is 23.6 Å². The first kappa shape index (κ1) is 16.1. The van der Waals surface area contributed by atoms with Crippen LogP contribution in [0.25, 0.3) is 0 Å². The number of benzene rings is 2. The van der Waals surface area contributed by atoms with E-state index in [0.717, 1.165) is 25.2 Å². The molecule has 4 heteroatoms. The molecule has 2 aromatic carbocycles. The topological polar surface area (TPSA) is 29.5 Å². The van der Waals surface area contributed by atoms with Crippen molar-refractivity contribution in [3.8, 4) is 5.75 Å². The van der Waals surface area contributed by atoms with Crippen LogP contribution in [0.2, 0.25) is 0 Å². The summed E-state index contributed by atoms with van der Waals surface area (Å²) in [5, 5.41) is 0. The summed E-state index contributed by atoms with van der Waals surface area (Å²) in [4.78, 5) is 14.7. The van der Waals surface area contributed by atoms with Crippen LogP contribution < -0.4 is 4.74 Å². The number of carbonyl (C=O) groups is 1. The summed E-state index contributed by atoms with van der Waals surface area (Å²) in [6.07, 6.45) is 4.48. The predicted octanol–water partition coefficient (Wildman–Crippen LogP) is 4.42. The van der Waals surface area contributed by atoms with Gasteiger partial charge in [0.1, 0.15) is 11.6 Å². The Hall–Kier alpha value is -2.36. The van der Waals surface area contributed by atoms with Gasteiger partial charge in [-0.05, 0) is 61.9 Å². The molecule has 2 saturated carbocycles. The van der Waals surface area contributed by atoms with E-state index in [9.17, 15) is 9.18 Å².